The molecule has 0 spiro atoms. The first-order chi connectivity index (χ1) is 5.70. The van der Waals surface area contributed by atoms with Crippen molar-refractivity contribution in [3.05, 3.63) is 28.7 Å². The first kappa shape index (κ1) is 7.95. The molecule has 1 aromatic carbocycles. The number of fused-ring (bicyclic) bond motifs is 1. The Morgan fingerprint density at radius 2 is 2.25 bits per heavy atom. The van der Waals surface area contributed by atoms with Crippen molar-refractivity contribution in [3.8, 4) is 0 Å². The Labute approximate surface area is 77.9 Å². The number of halogens is 2. The van der Waals surface area contributed by atoms with E-state index in [1.54, 1.807) is 13.0 Å². The maximum absolute atomic E-state index is 13.4. The fraction of sp³-hybridized carbons (Fsp3) is 0.125. The van der Waals surface area contributed by atoms with Crippen LogP contribution in [0.25, 0.3) is 10.1 Å². The summed E-state index contributed by atoms with van der Waals surface area (Å²) in [7, 11) is 0. The van der Waals surface area contributed by atoms with Gasteiger partial charge in [0.2, 0.25) is 0 Å². The predicted molar refractivity (Wildman–Crippen MR) is 49.3 cm³/mol. The average Bonchev–Trinajstić information content (AvgIpc) is 2.41. The van der Waals surface area contributed by atoms with Crippen LogP contribution in [0.5, 0.6) is 0 Å². The fourth-order valence-electron chi connectivity index (χ4n) is 1.07. The topological polar surface area (TPSA) is 12.9 Å². The number of benzene rings is 1. The van der Waals surface area contributed by atoms with Gasteiger partial charge in [0.25, 0.3) is 0 Å². The summed E-state index contributed by atoms with van der Waals surface area (Å²) in [6, 6.07) is 3.56. The van der Waals surface area contributed by atoms with Crippen molar-refractivity contribution in [2.24, 2.45) is 0 Å². The number of hydrogen-bond acceptors (Lipinski definition) is 2. The van der Waals surface area contributed by atoms with E-state index in [0.29, 0.717) is 10.9 Å². The van der Waals surface area contributed by atoms with Crippen LogP contribution in [0.3, 0.4) is 0 Å². The Morgan fingerprint density at radius 3 is 3.00 bits per heavy atom. The van der Waals surface area contributed by atoms with Gasteiger partial charge in [0.1, 0.15) is 5.82 Å². The molecule has 62 valence electrons. The number of rotatable bonds is 0. The van der Waals surface area contributed by atoms with Crippen molar-refractivity contribution in [2.45, 2.75) is 6.92 Å². The summed E-state index contributed by atoms with van der Waals surface area (Å²) in [4.78, 5) is 0. The molecule has 0 aliphatic carbocycles. The lowest BCUT2D eigenvalue weighted by atomic mass is 10.2. The zero-order valence-corrected chi connectivity index (χ0v) is 7.84. The normalized spacial score (nSPS) is 10.9. The molecule has 4 heteroatoms. The molecule has 0 saturated heterocycles. The van der Waals surface area contributed by atoms with Gasteiger partial charge in [-0.1, -0.05) is 17.7 Å². The van der Waals surface area contributed by atoms with E-state index in [2.05, 4.69) is 4.37 Å². The summed E-state index contributed by atoms with van der Waals surface area (Å²) in [6.45, 7) is 1.71. The third kappa shape index (κ3) is 1.01. The van der Waals surface area contributed by atoms with Crippen LogP contribution >= 0.6 is 23.1 Å². The van der Waals surface area contributed by atoms with Gasteiger partial charge >= 0.3 is 0 Å². The van der Waals surface area contributed by atoms with E-state index < -0.39 is 0 Å². The van der Waals surface area contributed by atoms with Crippen molar-refractivity contribution < 1.29 is 4.39 Å². The Bertz CT molecular complexity index is 438. The molecule has 2 aromatic rings. The summed E-state index contributed by atoms with van der Waals surface area (Å²) in [5.41, 5.74) is 0.601. The van der Waals surface area contributed by atoms with E-state index in [1.807, 2.05) is 6.07 Å². The second kappa shape index (κ2) is 2.68. The molecule has 0 aliphatic heterocycles. The second-order valence-electron chi connectivity index (χ2n) is 2.54. The molecule has 0 unspecified atom stereocenters. The molecule has 1 aromatic heterocycles. The van der Waals surface area contributed by atoms with Crippen LogP contribution < -0.4 is 0 Å². The number of aromatic nitrogens is 1. The minimum atomic E-state index is -0.258. The van der Waals surface area contributed by atoms with E-state index in [1.165, 1.54) is 11.5 Å². The maximum Gasteiger partial charge on any atom is 0.153 e. The van der Waals surface area contributed by atoms with Crippen molar-refractivity contribution >= 4 is 33.2 Å². The molecule has 2 rings (SSSR count). The van der Waals surface area contributed by atoms with E-state index >= 15 is 0 Å². The van der Waals surface area contributed by atoms with Gasteiger partial charge in [0.15, 0.2) is 5.15 Å². The van der Waals surface area contributed by atoms with Crippen molar-refractivity contribution in [3.63, 3.8) is 0 Å². The minimum Gasteiger partial charge on any atom is -0.206 e. The molecule has 0 atom stereocenters. The molecule has 12 heavy (non-hydrogen) atoms. The second-order valence-corrected chi connectivity index (χ2v) is 3.71. The smallest absolute Gasteiger partial charge is 0.153 e. The van der Waals surface area contributed by atoms with Gasteiger partial charge in [-0.05, 0) is 30.1 Å². The van der Waals surface area contributed by atoms with Crippen LogP contribution in [0.15, 0.2) is 12.1 Å². The molecule has 0 aliphatic rings. The van der Waals surface area contributed by atoms with Crippen molar-refractivity contribution in [1.29, 1.82) is 0 Å². The van der Waals surface area contributed by atoms with E-state index in [-0.39, 0.29) is 11.0 Å². The predicted octanol–water partition coefficient (Wildman–Crippen LogP) is 3.40. The average molecular weight is 202 g/mol. The van der Waals surface area contributed by atoms with Gasteiger partial charge in [-0.3, -0.25) is 0 Å². The highest BCUT2D eigenvalue weighted by molar-refractivity contribution is 7.13. The highest BCUT2D eigenvalue weighted by atomic mass is 35.5. The summed E-state index contributed by atoms with van der Waals surface area (Å²) < 4.78 is 18.0. The zero-order valence-electron chi connectivity index (χ0n) is 6.27. The number of aryl methyl sites for hydroxylation is 1. The fourth-order valence-corrected chi connectivity index (χ4v) is 2.09. The Balaban J connectivity index is 2.96. The Hall–Kier alpha value is -0.670. The molecular formula is C8H5ClFNS. The highest BCUT2D eigenvalue weighted by Crippen LogP contribution is 2.30. The quantitative estimate of drug-likeness (QED) is 0.637. The lowest BCUT2D eigenvalue weighted by Gasteiger charge is -1.95. The van der Waals surface area contributed by atoms with Crippen LogP contribution in [0.1, 0.15) is 5.56 Å². The number of nitrogens with zero attached hydrogens (tertiary/aromatic N) is 1. The van der Waals surface area contributed by atoms with Gasteiger partial charge in [-0.15, -0.1) is 0 Å². The highest BCUT2D eigenvalue weighted by Gasteiger charge is 2.10. The maximum atomic E-state index is 13.4. The number of hydrogen-bond donors (Lipinski definition) is 0. The summed E-state index contributed by atoms with van der Waals surface area (Å²) >= 11 is 6.92. The molecule has 1 nitrogen and oxygen atoms in total. The molecule has 0 amide bonds. The van der Waals surface area contributed by atoms with E-state index in [0.717, 1.165) is 4.70 Å². The Kier molecular flexibility index (Phi) is 1.77. The van der Waals surface area contributed by atoms with Crippen LogP contribution in [0.4, 0.5) is 4.39 Å². The minimum absolute atomic E-state index is 0.258. The summed E-state index contributed by atoms with van der Waals surface area (Å²) in [6.07, 6.45) is 0. The van der Waals surface area contributed by atoms with Crippen LogP contribution in [0.2, 0.25) is 5.15 Å². The van der Waals surface area contributed by atoms with Gasteiger partial charge < -0.3 is 0 Å². The third-order valence-electron chi connectivity index (χ3n) is 1.73. The lowest BCUT2D eigenvalue weighted by Crippen LogP contribution is -1.81. The van der Waals surface area contributed by atoms with Crippen LogP contribution in [-0.2, 0) is 0 Å². The molecule has 0 bridgehead atoms. The molecule has 0 fully saturated rings. The van der Waals surface area contributed by atoms with Crippen LogP contribution in [-0.4, -0.2) is 4.37 Å². The molecule has 0 N–H and O–H groups in total. The van der Waals surface area contributed by atoms with E-state index in [9.17, 15) is 4.39 Å². The summed E-state index contributed by atoms with van der Waals surface area (Å²) in [5.74, 6) is -0.258. The SMILES string of the molecule is Cc1ccc2snc(Cl)c2c1F. The first-order valence-electron chi connectivity index (χ1n) is 3.40. The van der Waals surface area contributed by atoms with Gasteiger partial charge in [-0.2, -0.15) is 4.37 Å². The molecule has 1 heterocycles. The first-order valence-corrected chi connectivity index (χ1v) is 4.55. The van der Waals surface area contributed by atoms with Gasteiger partial charge in [0, 0.05) is 0 Å². The monoisotopic (exact) mass is 201 g/mol. The standard InChI is InChI=1S/C8H5ClFNS/c1-4-2-3-5-6(7(4)10)8(9)11-12-5/h2-3H,1H3. The zero-order chi connectivity index (χ0) is 8.72. The van der Waals surface area contributed by atoms with E-state index in [4.69, 9.17) is 11.6 Å². The van der Waals surface area contributed by atoms with Crippen LogP contribution in [0, 0.1) is 12.7 Å². The summed E-state index contributed by atoms with van der Waals surface area (Å²) in [5, 5.41) is 0.706. The largest absolute Gasteiger partial charge is 0.206 e. The molecule has 0 radical (unpaired) electrons. The third-order valence-corrected chi connectivity index (χ3v) is 2.91. The van der Waals surface area contributed by atoms with Gasteiger partial charge in [-0.25, -0.2) is 4.39 Å². The molecular weight excluding hydrogens is 197 g/mol. The lowest BCUT2D eigenvalue weighted by molar-refractivity contribution is 0.631. The Morgan fingerprint density at radius 1 is 1.50 bits per heavy atom. The van der Waals surface area contributed by atoms with Gasteiger partial charge in [0.05, 0.1) is 10.1 Å². The van der Waals surface area contributed by atoms with Crippen molar-refractivity contribution in [1.82, 2.24) is 4.37 Å². The van der Waals surface area contributed by atoms with Crippen molar-refractivity contribution in [2.75, 3.05) is 0 Å². The molecule has 0 saturated carbocycles.